The lowest BCUT2D eigenvalue weighted by molar-refractivity contribution is -0.139. The van der Waals surface area contributed by atoms with E-state index in [9.17, 15) is 19.2 Å². The molecule has 3 aliphatic rings. The van der Waals surface area contributed by atoms with Crippen LogP contribution in [0.25, 0.3) is 0 Å². The highest BCUT2D eigenvalue weighted by atomic mass is 79.9. The van der Waals surface area contributed by atoms with E-state index in [0.717, 1.165) is 4.90 Å². The van der Waals surface area contributed by atoms with Crippen molar-refractivity contribution in [2.45, 2.75) is 5.41 Å². The van der Waals surface area contributed by atoms with Gasteiger partial charge in [-0.05, 0) is 39.7 Å². The number of imide groups is 1. The summed E-state index contributed by atoms with van der Waals surface area (Å²) in [6, 6.07) is 13.8. The van der Waals surface area contributed by atoms with E-state index in [4.69, 9.17) is 4.74 Å². The number of para-hydroxylation sites is 2. The highest BCUT2D eigenvalue weighted by Gasteiger charge is 2.71. The summed E-state index contributed by atoms with van der Waals surface area (Å²) in [7, 11) is 2.81. The molecule has 1 saturated heterocycles. The molecule has 2 aliphatic heterocycles. The summed E-state index contributed by atoms with van der Waals surface area (Å²) >= 11 is 3.48. The Hall–Kier alpha value is -3.26. The van der Waals surface area contributed by atoms with Gasteiger partial charge in [-0.25, -0.2) is 9.69 Å². The maximum Gasteiger partial charge on any atom is 0.334 e. The first kappa shape index (κ1) is 19.7. The lowest BCUT2D eigenvalue weighted by Crippen LogP contribution is -2.49. The van der Waals surface area contributed by atoms with Crippen LogP contribution in [0.15, 0.2) is 64.7 Å². The van der Waals surface area contributed by atoms with Crippen LogP contribution in [0.1, 0.15) is 5.56 Å². The predicted octanol–water partition coefficient (Wildman–Crippen LogP) is 2.58. The van der Waals surface area contributed by atoms with Crippen LogP contribution in [0.5, 0.6) is 0 Å². The SMILES string of the molecule is COC(=O)C1=C[C@@H]2C(=O)N(c3ccccc3)C(=O)[C@@H]2[C@]12C(=O)N(C)c1c(Br)cccc12. The van der Waals surface area contributed by atoms with Crippen LogP contribution in [0.2, 0.25) is 0 Å². The van der Waals surface area contributed by atoms with Gasteiger partial charge in [0, 0.05) is 11.5 Å². The molecule has 31 heavy (non-hydrogen) atoms. The summed E-state index contributed by atoms with van der Waals surface area (Å²) in [5, 5.41) is 0. The Kier molecular flexibility index (Phi) is 4.20. The van der Waals surface area contributed by atoms with Gasteiger partial charge in [-0.1, -0.05) is 36.4 Å². The molecule has 3 atom stereocenters. The minimum atomic E-state index is -1.62. The third kappa shape index (κ3) is 2.28. The fourth-order valence-corrected chi connectivity index (χ4v) is 5.81. The number of halogens is 1. The molecule has 2 heterocycles. The summed E-state index contributed by atoms with van der Waals surface area (Å²) in [4.78, 5) is 56.2. The first-order chi connectivity index (χ1) is 14.9. The van der Waals surface area contributed by atoms with Crippen molar-refractivity contribution in [2.24, 2.45) is 11.8 Å². The first-order valence-corrected chi connectivity index (χ1v) is 10.5. The van der Waals surface area contributed by atoms with Crippen LogP contribution in [0.3, 0.4) is 0 Å². The van der Waals surface area contributed by atoms with Gasteiger partial charge in [-0.2, -0.15) is 0 Å². The summed E-state index contributed by atoms with van der Waals surface area (Å²) < 4.78 is 5.63. The molecule has 1 fully saturated rings. The van der Waals surface area contributed by atoms with Crippen molar-refractivity contribution in [1.29, 1.82) is 0 Å². The number of rotatable bonds is 2. The number of nitrogens with zero attached hydrogens (tertiary/aromatic N) is 2. The Labute approximate surface area is 186 Å². The van der Waals surface area contributed by atoms with Crippen molar-refractivity contribution in [3.63, 3.8) is 0 Å². The maximum absolute atomic E-state index is 13.8. The third-order valence-corrected chi connectivity index (χ3v) is 7.04. The van der Waals surface area contributed by atoms with Crippen molar-refractivity contribution in [2.75, 3.05) is 24.0 Å². The normalized spacial score (nSPS) is 26.4. The average molecular weight is 481 g/mol. The molecule has 7 nitrogen and oxygen atoms in total. The molecule has 0 bridgehead atoms. The van der Waals surface area contributed by atoms with Gasteiger partial charge < -0.3 is 9.64 Å². The molecule has 0 radical (unpaired) electrons. The van der Waals surface area contributed by atoms with Crippen molar-refractivity contribution in [3.05, 3.63) is 70.2 Å². The number of methoxy groups -OCH3 is 1. The number of carbonyl (C=O) groups excluding carboxylic acids is 4. The minimum absolute atomic E-state index is 0.0353. The number of hydrogen-bond donors (Lipinski definition) is 0. The third-order valence-electron chi connectivity index (χ3n) is 6.40. The lowest BCUT2D eigenvalue weighted by Gasteiger charge is -2.31. The van der Waals surface area contributed by atoms with E-state index in [-0.39, 0.29) is 5.57 Å². The van der Waals surface area contributed by atoms with Gasteiger partial charge >= 0.3 is 5.97 Å². The van der Waals surface area contributed by atoms with Gasteiger partial charge in [0.05, 0.1) is 35.9 Å². The molecule has 3 amide bonds. The Morgan fingerprint density at radius 2 is 1.74 bits per heavy atom. The van der Waals surface area contributed by atoms with Crippen LogP contribution in [0.4, 0.5) is 11.4 Å². The number of amides is 3. The number of carbonyl (C=O) groups is 4. The second-order valence-corrected chi connectivity index (χ2v) is 8.59. The molecule has 1 aliphatic carbocycles. The summed E-state index contributed by atoms with van der Waals surface area (Å²) in [5.74, 6) is -4.14. The topological polar surface area (TPSA) is 84.0 Å². The maximum atomic E-state index is 13.8. The highest BCUT2D eigenvalue weighted by Crippen LogP contribution is 2.60. The van der Waals surface area contributed by atoms with Gasteiger partial charge in [0.25, 0.3) is 0 Å². The molecule has 0 unspecified atom stereocenters. The van der Waals surface area contributed by atoms with Crippen molar-refractivity contribution in [3.8, 4) is 0 Å². The highest BCUT2D eigenvalue weighted by molar-refractivity contribution is 9.10. The largest absolute Gasteiger partial charge is 0.466 e. The van der Waals surface area contributed by atoms with E-state index in [2.05, 4.69) is 15.9 Å². The summed E-state index contributed by atoms with van der Waals surface area (Å²) in [6.07, 6.45) is 1.45. The van der Waals surface area contributed by atoms with Gasteiger partial charge in [-0.3, -0.25) is 14.4 Å². The van der Waals surface area contributed by atoms with E-state index in [1.807, 2.05) is 0 Å². The number of ether oxygens (including phenoxy) is 1. The smallest absolute Gasteiger partial charge is 0.334 e. The Balaban J connectivity index is 1.78. The molecule has 8 heteroatoms. The van der Waals surface area contributed by atoms with Gasteiger partial charge in [0.2, 0.25) is 17.7 Å². The summed E-state index contributed by atoms with van der Waals surface area (Å²) in [5.41, 5.74) is -0.0746. The average Bonchev–Trinajstić information content (AvgIpc) is 3.33. The Bertz CT molecular complexity index is 1210. The number of benzene rings is 2. The predicted molar refractivity (Wildman–Crippen MR) is 115 cm³/mol. The molecular weight excluding hydrogens is 464 g/mol. The van der Waals surface area contributed by atoms with Crippen LogP contribution >= 0.6 is 15.9 Å². The standard InChI is InChI=1S/C23H17BrN2O5/c1-25-18-14(9-6-10-16(18)24)23(22(25)30)15(21(29)31-2)11-13-17(23)20(28)26(19(13)27)12-7-4-3-5-8-12/h3-11,13,17H,1-2H3/t13-,17+,23+/m0/s1. The molecule has 0 saturated carbocycles. The molecule has 1 spiro atoms. The Morgan fingerprint density at radius 3 is 2.42 bits per heavy atom. The molecule has 2 aromatic rings. The number of likely N-dealkylation sites (N-methyl/N-ethyl adjacent to an activating group) is 1. The zero-order valence-corrected chi connectivity index (χ0v) is 18.3. The van der Waals surface area contributed by atoms with Crippen molar-refractivity contribution < 1.29 is 23.9 Å². The fourth-order valence-electron chi connectivity index (χ4n) is 5.18. The summed E-state index contributed by atoms with van der Waals surface area (Å²) in [6.45, 7) is 0. The number of fused-ring (bicyclic) bond motifs is 4. The molecule has 2 aromatic carbocycles. The lowest BCUT2D eigenvalue weighted by atomic mass is 9.67. The first-order valence-electron chi connectivity index (χ1n) is 9.66. The van der Waals surface area contributed by atoms with E-state index in [1.54, 1.807) is 55.6 Å². The quantitative estimate of drug-likeness (QED) is 0.487. The zero-order valence-electron chi connectivity index (χ0n) is 16.7. The van der Waals surface area contributed by atoms with Gasteiger partial charge in [0.1, 0.15) is 5.41 Å². The number of anilines is 2. The number of esters is 1. The van der Waals surface area contributed by atoms with Crippen LogP contribution in [-0.4, -0.2) is 37.8 Å². The molecular formula is C23H17BrN2O5. The second kappa shape index (κ2) is 6.62. The minimum Gasteiger partial charge on any atom is -0.466 e. The van der Waals surface area contributed by atoms with Crippen molar-refractivity contribution >= 4 is 51.0 Å². The van der Waals surface area contributed by atoms with Crippen LogP contribution in [-0.2, 0) is 29.3 Å². The van der Waals surface area contributed by atoms with E-state index in [1.165, 1.54) is 18.1 Å². The number of hydrogen-bond acceptors (Lipinski definition) is 5. The van der Waals surface area contributed by atoms with Crippen LogP contribution < -0.4 is 9.80 Å². The second-order valence-electron chi connectivity index (χ2n) is 7.73. The molecule has 0 N–H and O–H groups in total. The fraction of sp³-hybridized carbons (Fsp3) is 0.217. The van der Waals surface area contributed by atoms with Crippen molar-refractivity contribution in [1.82, 2.24) is 0 Å². The van der Waals surface area contributed by atoms with Gasteiger partial charge in [0.15, 0.2) is 0 Å². The van der Waals surface area contributed by atoms with Gasteiger partial charge in [-0.15, -0.1) is 0 Å². The Morgan fingerprint density at radius 1 is 1.03 bits per heavy atom. The monoisotopic (exact) mass is 480 g/mol. The van der Waals surface area contributed by atoms with E-state index >= 15 is 0 Å². The van der Waals surface area contributed by atoms with Crippen LogP contribution in [0, 0.1) is 11.8 Å². The van der Waals surface area contributed by atoms with E-state index in [0.29, 0.717) is 21.4 Å². The molecule has 0 aromatic heterocycles. The molecule has 156 valence electrons. The zero-order chi connectivity index (χ0) is 22.1. The van der Waals surface area contributed by atoms with E-state index < -0.39 is 40.9 Å². The molecule has 5 rings (SSSR count).